The zero-order valence-corrected chi connectivity index (χ0v) is 11.1. The minimum atomic E-state index is 0.0220. The van der Waals surface area contributed by atoms with Crippen LogP contribution in [0.4, 0.5) is 0 Å². The molecule has 0 aliphatic heterocycles. The lowest BCUT2D eigenvalue weighted by Crippen LogP contribution is -1.95. The molecule has 0 aliphatic rings. The average Bonchev–Trinajstić information content (AvgIpc) is 3.05. The smallest absolute Gasteiger partial charge is 0.113 e. The molecule has 5 nitrogen and oxygen atoms in total. The number of nitriles is 1. The van der Waals surface area contributed by atoms with Gasteiger partial charge in [0, 0.05) is 5.56 Å². The van der Waals surface area contributed by atoms with Crippen LogP contribution in [0.5, 0.6) is 0 Å². The molecule has 0 atom stereocenters. The maximum atomic E-state index is 9.04. The van der Waals surface area contributed by atoms with Crippen LogP contribution in [-0.4, -0.2) is 20.1 Å². The van der Waals surface area contributed by atoms with Gasteiger partial charge in [-0.2, -0.15) is 5.26 Å². The zero-order chi connectivity index (χ0) is 14.7. The van der Waals surface area contributed by atoms with Crippen molar-refractivity contribution in [2.24, 2.45) is 0 Å². The first-order valence-corrected chi connectivity index (χ1v) is 6.43. The fourth-order valence-corrected chi connectivity index (χ4v) is 1.99. The first kappa shape index (κ1) is 13.0. The molecule has 0 radical (unpaired) electrons. The molecule has 0 spiro atoms. The molecule has 21 heavy (non-hydrogen) atoms. The molecule has 0 saturated heterocycles. The minimum absolute atomic E-state index is 0.0220. The maximum Gasteiger partial charge on any atom is 0.113 e. The largest absolute Gasteiger partial charge is 0.392 e. The fraction of sp³-hybridized carbons (Fsp3) is 0.0625. The molecule has 0 saturated carbocycles. The summed E-state index contributed by atoms with van der Waals surface area (Å²) in [6, 6.07) is 16.7. The molecule has 3 rings (SSSR count). The van der Waals surface area contributed by atoms with Crippen molar-refractivity contribution in [1.82, 2.24) is 15.0 Å². The highest BCUT2D eigenvalue weighted by Gasteiger charge is 2.05. The van der Waals surface area contributed by atoms with Crippen molar-refractivity contribution in [3.63, 3.8) is 0 Å². The van der Waals surface area contributed by atoms with Gasteiger partial charge in [0.15, 0.2) is 0 Å². The number of benzene rings is 2. The molecule has 102 valence electrons. The van der Waals surface area contributed by atoms with E-state index in [4.69, 9.17) is 10.4 Å². The molecule has 0 aliphatic carbocycles. The van der Waals surface area contributed by atoms with Crippen LogP contribution >= 0.6 is 0 Å². The van der Waals surface area contributed by atoms with E-state index in [2.05, 4.69) is 16.4 Å². The zero-order valence-electron chi connectivity index (χ0n) is 11.1. The highest BCUT2D eigenvalue weighted by molar-refractivity contribution is 5.59. The van der Waals surface area contributed by atoms with Gasteiger partial charge in [-0.25, -0.2) is 4.68 Å². The normalized spacial score (nSPS) is 10.3. The van der Waals surface area contributed by atoms with Crippen LogP contribution < -0.4 is 0 Å². The summed E-state index contributed by atoms with van der Waals surface area (Å²) < 4.78 is 1.68. The van der Waals surface area contributed by atoms with Crippen molar-refractivity contribution < 1.29 is 5.11 Å². The molecular weight excluding hydrogens is 264 g/mol. The van der Waals surface area contributed by atoms with Gasteiger partial charge in [0.25, 0.3) is 0 Å². The molecule has 1 N–H and O–H groups in total. The third-order valence-corrected chi connectivity index (χ3v) is 3.19. The van der Waals surface area contributed by atoms with E-state index < -0.39 is 0 Å². The van der Waals surface area contributed by atoms with Gasteiger partial charge in [-0.3, -0.25) is 0 Å². The van der Waals surface area contributed by atoms with Crippen LogP contribution in [0.2, 0.25) is 0 Å². The second-order valence-electron chi connectivity index (χ2n) is 4.56. The molecule has 5 heteroatoms. The molecular formula is C16H12N4O. The number of aliphatic hydroxyl groups is 1. The quantitative estimate of drug-likeness (QED) is 0.796. The van der Waals surface area contributed by atoms with E-state index in [9.17, 15) is 0 Å². The summed E-state index contributed by atoms with van der Waals surface area (Å²) in [6.07, 6.45) is 1.83. The van der Waals surface area contributed by atoms with E-state index in [0.717, 1.165) is 22.5 Å². The predicted octanol–water partition coefficient (Wildman–Crippen LogP) is 2.30. The van der Waals surface area contributed by atoms with E-state index in [1.54, 1.807) is 16.8 Å². The summed E-state index contributed by atoms with van der Waals surface area (Å²) in [7, 11) is 0. The van der Waals surface area contributed by atoms with Crippen molar-refractivity contribution in [2.75, 3.05) is 0 Å². The Bertz CT molecular complexity index is 782. The second-order valence-corrected chi connectivity index (χ2v) is 4.56. The number of nitrogens with zero attached hydrogens (tertiary/aromatic N) is 4. The van der Waals surface area contributed by atoms with Gasteiger partial charge in [-0.05, 0) is 29.8 Å². The highest BCUT2D eigenvalue weighted by atomic mass is 16.3. The number of rotatable bonds is 3. The van der Waals surface area contributed by atoms with Crippen molar-refractivity contribution in [1.29, 1.82) is 5.26 Å². The molecule has 0 unspecified atom stereocenters. The lowest BCUT2D eigenvalue weighted by molar-refractivity contribution is 0.282. The van der Waals surface area contributed by atoms with Crippen LogP contribution in [0.3, 0.4) is 0 Å². The standard InChI is InChI=1S/C16H12N4O/c17-9-12-1-5-14(6-2-12)16-10-20(19-18-16)15-7-3-13(11-21)4-8-15/h1-8,10,21H,11H2. The summed E-state index contributed by atoms with van der Waals surface area (Å²) in [5.41, 5.74) is 3.99. The Labute approximate surface area is 121 Å². The number of hydrogen-bond donors (Lipinski definition) is 1. The third-order valence-electron chi connectivity index (χ3n) is 3.19. The van der Waals surface area contributed by atoms with E-state index >= 15 is 0 Å². The van der Waals surface area contributed by atoms with Gasteiger partial charge < -0.3 is 5.11 Å². The molecule has 1 aromatic heterocycles. The van der Waals surface area contributed by atoms with Crippen LogP contribution in [0.25, 0.3) is 16.9 Å². The average molecular weight is 276 g/mol. The Morgan fingerprint density at radius 1 is 1.05 bits per heavy atom. The van der Waals surface area contributed by atoms with E-state index in [0.29, 0.717) is 5.56 Å². The molecule has 0 amide bonds. The molecule has 1 heterocycles. The number of aliphatic hydroxyl groups excluding tert-OH is 1. The van der Waals surface area contributed by atoms with Gasteiger partial charge >= 0.3 is 0 Å². The topological polar surface area (TPSA) is 74.7 Å². The van der Waals surface area contributed by atoms with Gasteiger partial charge in [0.05, 0.1) is 30.1 Å². The Morgan fingerprint density at radius 3 is 2.38 bits per heavy atom. The molecule has 0 fully saturated rings. The predicted molar refractivity (Wildman–Crippen MR) is 77.4 cm³/mol. The summed E-state index contributed by atoms with van der Waals surface area (Å²) in [6.45, 7) is 0.0220. The fourth-order valence-electron chi connectivity index (χ4n) is 1.99. The first-order chi connectivity index (χ1) is 10.3. The Morgan fingerprint density at radius 2 is 1.76 bits per heavy atom. The first-order valence-electron chi connectivity index (χ1n) is 6.43. The Kier molecular flexibility index (Phi) is 3.46. The Hall–Kier alpha value is -2.97. The van der Waals surface area contributed by atoms with Crippen molar-refractivity contribution in [2.45, 2.75) is 6.61 Å². The van der Waals surface area contributed by atoms with Crippen molar-refractivity contribution >= 4 is 0 Å². The summed E-state index contributed by atoms with van der Waals surface area (Å²) in [5, 5.41) is 26.1. The van der Waals surface area contributed by atoms with E-state index in [1.807, 2.05) is 42.6 Å². The van der Waals surface area contributed by atoms with Crippen molar-refractivity contribution in [3.8, 4) is 23.0 Å². The molecule has 0 bridgehead atoms. The van der Waals surface area contributed by atoms with Crippen LogP contribution in [-0.2, 0) is 6.61 Å². The Balaban J connectivity index is 1.89. The molecule has 3 aromatic rings. The lowest BCUT2D eigenvalue weighted by atomic mass is 10.1. The van der Waals surface area contributed by atoms with Gasteiger partial charge in [-0.15, -0.1) is 5.10 Å². The third kappa shape index (κ3) is 2.66. The van der Waals surface area contributed by atoms with Gasteiger partial charge in [0.1, 0.15) is 5.69 Å². The van der Waals surface area contributed by atoms with E-state index in [1.165, 1.54) is 0 Å². The van der Waals surface area contributed by atoms with Crippen LogP contribution in [0.1, 0.15) is 11.1 Å². The SMILES string of the molecule is N#Cc1ccc(-c2cn(-c3ccc(CO)cc3)nn2)cc1. The highest BCUT2D eigenvalue weighted by Crippen LogP contribution is 2.18. The number of aromatic nitrogens is 3. The van der Waals surface area contributed by atoms with Crippen molar-refractivity contribution in [3.05, 3.63) is 65.9 Å². The second kappa shape index (κ2) is 5.57. The minimum Gasteiger partial charge on any atom is -0.392 e. The summed E-state index contributed by atoms with van der Waals surface area (Å²) in [5.74, 6) is 0. The van der Waals surface area contributed by atoms with Gasteiger partial charge in [0.2, 0.25) is 0 Å². The summed E-state index contributed by atoms with van der Waals surface area (Å²) >= 11 is 0. The number of hydrogen-bond acceptors (Lipinski definition) is 4. The van der Waals surface area contributed by atoms with Gasteiger partial charge in [-0.1, -0.05) is 29.5 Å². The molecule has 2 aromatic carbocycles. The van der Waals surface area contributed by atoms with E-state index in [-0.39, 0.29) is 6.61 Å². The lowest BCUT2D eigenvalue weighted by Gasteiger charge is -2.01. The van der Waals surface area contributed by atoms with Crippen LogP contribution in [0.15, 0.2) is 54.7 Å². The summed E-state index contributed by atoms with van der Waals surface area (Å²) in [4.78, 5) is 0. The maximum absolute atomic E-state index is 9.04. The monoisotopic (exact) mass is 276 g/mol. The van der Waals surface area contributed by atoms with Crippen LogP contribution in [0, 0.1) is 11.3 Å².